The summed E-state index contributed by atoms with van der Waals surface area (Å²) < 4.78 is 4.89. The maximum Gasteiger partial charge on any atom is 0.249 e. The van der Waals surface area contributed by atoms with Gasteiger partial charge < -0.3 is 15.0 Å². The Morgan fingerprint density at radius 3 is 2.64 bits per heavy atom. The fraction of sp³-hybridized carbons (Fsp3) is 0.389. The van der Waals surface area contributed by atoms with Crippen LogP contribution < -0.4 is 5.32 Å². The number of thiazole rings is 1. The zero-order valence-corrected chi connectivity index (χ0v) is 15.5. The predicted molar refractivity (Wildman–Crippen MR) is 99.5 cm³/mol. The summed E-state index contributed by atoms with van der Waals surface area (Å²) in [6.45, 7) is 4.45. The van der Waals surface area contributed by atoms with Crippen molar-refractivity contribution in [1.29, 1.82) is 0 Å². The molecule has 2 rings (SSSR count). The molecule has 0 saturated carbocycles. The van der Waals surface area contributed by atoms with Crippen molar-refractivity contribution >= 4 is 28.3 Å². The lowest BCUT2D eigenvalue weighted by Gasteiger charge is -2.23. The maximum atomic E-state index is 12.3. The molecule has 0 spiro atoms. The Balaban J connectivity index is 1.98. The zero-order valence-electron chi connectivity index (χ0n) is 14.7. The fourth-order valence-corrected chi connectivity index (χ4v) is 3.05. The van der Waals surface area contributed by atoms with Gasteiger partial charge in [0.2, 0.25) is 11.8 Å². The summed E-state index contributed by atoms with van der Waals surface area (Å²) in [5, 5.41) is 5.18. The molecular weight excluding hydrogens is 338 g/mol. The average Bonchev–Trinajstić information content (AvgIpc) is 3.03. The third kappa shape index (κ3) is 5.95. The van der Waals surface area contributed by atoms with Gasteiger partial charge in [0.15, 0.2) is 5.13 Å². The molecule has 0 aliphatic rings. The first kappa shape index (κ1) is 19.1. The topological polar surface area (TPSA) is 71.5 Å². The fourth-order valence-electron chi connectivity index (χ4n) is 2.31. The summed E-state index contributed by atoms with van der Waals surface area (Å²) in [5.41, 5.74) is 1.81. The van der Waals surface area contributed by atoms with Crippen LogP contribution in [0.5, 0.6) is 0 Å². The molecule has 0 unspecified atom stereocenters. The van der Waals surface area contributed by atoms with Crippen LogP contribution in [0.2, 0.25) is 0 Å². The minimum atomic E-state index is -0.265. The number of nitrogens with one attached hydrogen (secondary N) is 1. The number of carbonyl (C=O) groups excluding carboxylic acids is 2. The van der Waals surface area contributed by atoms with E-state index >= 15 is 0 Å². The molecular formula is C18H23N3O3S. The van der Waals surface area contributed by atoms with Crippen molar-refractivity contribution in [3.63, 3.8) is 0 Å². The molecule has 0 saturated heterocycles. The number of aromatic nitrogens is 1. The standard InChI is InChI=1S/C18H23N3O3S/c1-13(2)9-21(17(23)11-24-3)10-16(22)20-18-19-15(12-25-18)14-7-5-4-6-8-14/h4-8,12-13H,9-11H2,1-3H3,(H,19,20,22). The van der Waals surface area contributed by atoms with Crippen LogP contribution in [0, 0.1) is 5.92 Å². The summed E-state index contributed by atoms with van der Waals surface area (Å²) in [5.74, 6) is -0.201. The van der Waals surface area contributed by atoms with E-state index in [1.807, 2.05) is 49.6 Å². The van der Waals surface area contributed by atoms with Gasteiger partial charge in [-0.2, -0.15) is 0 Å². The van der Waals surface area contributed by atoms with Gasteiger partial charge in [0.25, 0.3) is 0 Å². The Morgan fingerprint density at radius 2 is 2.00 bits per heavy atom. The highest BCUT2D eigenvalue weighted by Crippen LogP contribution is 2.24. The number of ether oxygens (including phenoxy) is 1. The van der Waals surface area contributed by atoms with Crippen LogP contribution in [0.1, 0.15) is 13.8 Å². The maximum absolute atomic E-state index is 12.3. The molecule has 25 heavy (non-hydrogen) atoms. The molecule has 2 aromatic rings. The number of nitrogens with zero attached hydrogens (tertiary/aromatic N) is 2. The third-order valence-corrected chi connectivity index (χ3v) is 4.12. The van der Waals surface area contributed by atoms with Crippen molar-refractivity contribution in [2.45, 2.75) is 13.8 Å². The van der Waals surface area contributed by atoms with E-state index in [4.69, 9.17) is 4.74 Å². The lowest BCUT2D eigenvalue weighted by molar-refractivity contribution is -0.138. The zero-order chi connectivity index (χ0) is 18.2. The number of anilines is 1. The molecule has 2 amide bonds. The van der Waals surface area contributed by atoms with Crippen molar-refractivity contribution in [1.82, 2.24) is 9.88 Å². The van der Waals surface area contributed by atoms with Crippen molar-refractivity contribution in [2.75, 3.05) is 32.1 Å². The minimum absolute atomic E-state index is 0.0133. The van der Waals surface area contributed by atoms with E-state index in [2.05, 4.69) is 10.3 Å². The summed E-state index contributed by atoms with van der Waals surface area (Å²) in [6.07, 6.45) is 0. The Hall–Kier alpha value is -2.25. The summed E-state index contributed by atoms with van der Waals surface area (Å²) in [6, 6.07) is 9.76. The Bertz CT molecular complexity index is 701. The smallest absolute Gasteiger partial charge is 0.249 e. The molecule has 0 atom stereocenters. The monoisotopic (exact) mass is 361 g/mol. The summed E-state index contributed by atoms with van der Waals surface area (Å²) in [4.78, 5) is 30.3. The van der Waals surface area contributed by atoms with Crippen LogP contribution in [-0.2, 0) is 14.3 Å². The lowest BCUT2D eigenvalue weighted by atomic mass is 10.2. The lowest BCUT2D eigenvalue weighted by Crippen LogP contribution is -2.41. The van der Waals surface area contributed by atoms with Crippen LogP contribution in [0.25, 0.3) is 11.3 Å². The molecule has 0 radical (unpaired) electrons. The second-order valence-corrected chi connectivity index (χ2v) is 6.91. The molecule has 7 heteroatoms. The van der Waals surface area contributed by atoms with E-state index in [1.54, 1.807) is 0 Å². The van der Waals surface area contributed by atoms with Gasteiger partial charge in [-0.15, -0.1) is 11.3 Å². The van der Waals surface area contributed by atoms with E-state index in [-0.39, 0.29) is 30.9 Å². The number of benzene rings is 1. The van der Waals surface area contributed by atoms with Gasteiger partial charge in [-0.05, 0) is 5.92 Å². The van der Waals surface area contributed by atoms with Crippen LogP contribution in [-0.4, -0.2) is 48.5 Å². The van der Waals surface area contributed by atoms with Crippen LogP contribution in [0.3, 0.4) is 0 Å². The van der Waals surface area contributed by atoms with Gasteiger partial charge in [0.1, 0.15) is 13.2 Å². The SMILES string of the molecule is COCC(=O)N(CC(=O)Nc1nc(-c2ccccc2)cs1)CC(C)C. The highest BCUT2D eigenvalue weighted by molar-refractivity contribution is 7.14. The Labute approximate surface area is 151 Å². The van der Waals surface area contributed by atoms with Crippen LogP contribution >= 0.6 is 11.3 Å². The number of hydrogen-bond acceptors (Lipinski definition) is 5. The Morgan fingerprint density at radius 1 is 1.28 bits per heavy atom. The van der Waals surface area contributed by atoms with Gasteiger partial charge in [-0.25, -0.2) is 4.98 Å². The highest BCUT2D eigenvalue weighted by atomic mass is 32.1. The van der Waals surface area contributed by atoms with Gasteiger partial charge in [0, 0.05) is 24.6 Å². The van der Waals surface area contributed by atoms with Gasteiger partial charge in [-0.3, -0.25) is 9.59 Å². The number of carbonyl (C=O) groups is 2. The number of amides is 2. The number of hydrogen-bond donors (Lipinski definition) is 1. The second kappa shape index (κ2) is 9.29. The average molecular weight is 361 g/mol. The van der Waals surface area contributed by atoms with Crippen molar-refractivity contribution in [3.8, 4) is 11.3 Å². The molecule has 1 aromatic heterocycles. The Kier molecular flexibility index (Phi) is 7.09. The third-order valence-electron chi connectivity index (χ3n) is 3.36. The van der Waals surface area contributed by atoms with Gasteiger partial charge >= 0.3 is 0 Å². The van der Waals surface area contributed by atoms with E-state index < -0.39 is 0 Å². The molecule has 6 nitrogen and oxygen atoms in total. The second-order valence-electron chi connectivity index (χ2n) is 6.05. The van der Waals surface area contributed by atoms with E-state index in [0.29, 0.717) is 11.7 Å². The molecule has 1 N–H and O–H groups in total. The molecule has 0 fully saturated rings. The first-order valence-corrected chi connectivity index (χ1v) is 8.95. The van der Waals surface area contributed by atoms with Crippen LogP contribution in [0.15, 0.2) is 35.7 Å². The summed E-state index contributed by atoms with van der Waals surface area (Å²) in [7, 11) is 1.46. The quantitative estimate of drug-likeness (QED) is 0.785. The summed E-state index contributed by atoms with van der Waals surface area (Å²) >= 11 is 1.36. The molecule has 0 aliphatic carbocycles. The molecule has 0 bridgehead atoms. The molecule has 134 valence electrons. The first-order valence-electron chi connectivity index (χ1n) is 8.07. The normalized spacial score (nSPS) is 10.7. The van der Waals surface area contributed by atoms with Crippen LogP contribution in [0.4, 0.5) is 5.13 Å². The van der Waals surface area contributed by atoms with Crippen molar-refractivity contribution in [2.24, 2.45) is 5.92 Å². The minimum Gasteiger partial charge on any atom is -0.375 e. The number of rotatable bonds is 8. The molecule has 0 aliphatic heterocycles. The van der Waals surface area contributed by atoms with E-state index in [9.17, 15) is 9.59 Å². The van der Waals surface area contributed by atoms with E-state index in [1.165, 1.54) is 23.3 Å². The molecule has 1 aromatic carbocycles. The highest BCUT2D eigenvalue weighted by Gasteiger charge is 2.19. The van der Waals surface area contributed by atoms with E-state index in [0.717, 1.165) is 11.3 Å². The van der Waals surface area contributed by atoms with Gasteiger partial charge in [-0.1, -0.05) is 44.2 Å². The number of methoxy groups -OCH3 is 1. The van der Waals surface area contributed by atoms with Crippen molar-refractivity contribution < 1.29 is 14.3 Å². The predicted octanol–water partition coefficient (Wildman–Crippen LogP) is 2.88. The van der Waals surface area contributed by atoms with Gasteiger partial charge in [0.05, 0.1) is 5.69 Å². The molecule has 1 heterocycles. The largest absolute Gasteiger partial charge is 0.375 e. The van der Waals surface area contributed by atoms with Crippen molar-refractivity contribution in [3.05, 3.63) is 35.7 Å². The first-order chi connectivity index (χ1) is 12.0.